The molecule has 2 aromatic heterocycles. The lowest BCUT2D eigenvalue weighted by Crippen LogP contribution is -2.19. The second-order valence-corrected chi connectivity index (χ2v) is 6.69. The van der Waals surface area contributed by atoms with E-state index in [1.165, 1.54) is 11.3 Å². The number of benzene rings is 1. The summed E-state index contributed by atoms with van der Waals surface area (Å²) in [6, 6.07) is 7.45. The fraction of sp³-hybridized carbons (Fsp3) is 0.316. The lowest BCUT2D eigenvalue weighted by atomic mass is 10.1. The molecule has 3 rings (SSSR count). The molecule has 0 fully saturated rings. The highest BCUT2D eigenvalue weighted by Crippen LogP contribution is 2.34. The van der Waals surface area contributed by atoms with Gasteiger partial charge in [-0.25, -0.2) is 4.98 Å². The number of hydrogen-bond acceptors (Lipinski definition) is 7. The van der Waals surface area contributed by atoms with Gasteiger partial charge in [0.05, 0.1) is 19.9 Å². The molecule has 1 N–H and O–H groups in total. The minimum absolute atomic E-state index is 0.0116. The van der Waals surface area contributed by atoms with E-state index in [1.807, 2.05) is 30.5 Å². The standard InChI is InChI=1S/C19H22N4O4S/c1-5-27-10-18(24)21-17-9-13(22-23(17)2)19-20-14(11-28-19)12-6-7-15(25-3)16(8-12)26-4/h6-9,11H,5,10H2,1-4H3,(H,21,24). The van der Waals surface area contributed by atoms with Crippen molar-refractivity contribution in [1.82, 2.24) is 14.8 Å². The molecule has 0 aliphatic carbocycles. The Morgan fingerprint density at radius 3 is 2.68 bits per heavy atom. The van der Waals surface area contributed by atoms with Gasteiger partial charge in [0.2, 0.25) is 0 Å². The van der Waals surface area contributed by atoms with E-state index in [0.29, 0.717) is 29.6 Å². The molecule has 0 atom stereocenters. The summed E-state index contributed by atoms with van der Waals surface area (Å²) in [5.74, 6) is 1.68. The van der Waals surface area contributed by atoms with Crippen molar-refractivity contribution in [3.05, 3.63) is 29.6 Å². The topological polar surface area (TPSA) is 87.5 Å². The number of amides is 1. The minimum Gasteiger partial charge on any atom is -0.493 e. The Bertz CT molecular complexity index is 967. The second-order valence-electron chi connectivity index (χ2n) is 5.83. The second kappa shape index (κ2) is 8.85. The van der Waals surface area contributed by atoms with Gasteiger partial charge in [-0.1, -0.05) is 0 Å². The third-order valence-corrected chi connectivity index (χ3v) is 4.85. The molecule has 9 heteroatoms. The summed E-state index contributed by atoms with van der Waals surface area (Å²) in [6.07, 6.45) is 0. The Balaban J connectivity index is 1.81. The Morgan fingerprint density at radius 2 is 1.96 bits per heavy atom. The van der Waals surface area contributed by atoms with Crippen LogP contribution in [0.2, 0.25) is 0 Å². The lowest BCUT2D eigenvalue weighted by Gasteiger charge is -2.08. The van der Waals surface area contributed by atoms with Crippen LogP contribution in [0.1, 0.15) is 6.92 Å². The van der Waals surface area contributed by atoms with Crippen LogP contribution < -0.4 is 14.8 Å². The average Bonchev–Trinajstić information content (AvgIpc) is 3.33. The van der Waals surface area contributed by atoms with Gasteiger partial charge >= 0.3 is 0 Å². The molecular weight excluding hydrogens is 380 g/mol. The molecule has 1 amide bonds. The van der Waals surface area contributed by atoms with Crippen LogP contribution in [-0.4, -0.2) is 48.1 Å². The first-order chi connectivity index (χ1) is 13.5. The maximum atomic E-state index is 11.9. The van der Waals surface area contributed by atoms with E-state index in [0.717, 1.165) is 16.3 Å². The van der Waals surface area contributed by atoms with Gasteiger partial charge in [0, 0.05) is 30.7 Å². The third-order valence-electron chi connectivity index (χ3n) is 3.99. The number of ether oxygens (including phenoxy) is 3. The molecule has 0 saturated carbocycles. The van der Waals surface area contributed by atoms with E-state index in [4.69, 9.17) is 14.2 Å². The van der Waals surface area contributed by atoms with Crippen molar-refractivity contribution >= 4 is 23.1 Å². The van der Waals surface area contributed by atoms with Crippen LogP contribution in [0.4, 0.5) is 5.82 Å². The monoisotopic (exact) mass is 402 g/mol. The maximum Gasteiger partial charge on any atom is 0.251 e. The maximum absolute atomic E-state index is 11.9. The smallest absolute Gasteiger partial charge is 0.251 e. The lowest BCUT2D eigenvalue weighted by molar-refractivity contribution is -0.120. The Kier molecular flexibility index (Phi) is 6.27. The zero-order valence-electron chi connectivity index (χ0n) is 16.2. The highest BCUT2D eigenvalue weighted by Gasteiger charge is 2.15. The van der Waals surface area contributed by atoms with Gasteiger partial charge in [-0.2, -0.15) is 5.10 Å². The van der Waals surface area contributed by atoms with E-state index in [2.05, 4.69) is 15.4 Å². The molecule has 148 valence electrons. The molecule has 0 aliphatic heterocycles. The van der Waals surface area contributed by atoms with E-state index >= 15 is 0 Å². The normalized spacial score (nSPS) is 10.7. The van der Waals surface area contributed by atoms with Crippen molar-refractivity contribution in [2.45, 2.75) is 6.92 Å². The van der Waals surface area contributed by atoms with Crippen LogP contribution in [-0.2, 0) is 16.6 Å². The van der Waals surface area contributed by atoms with Gasteiger partial charge in [0.15, 0.2) is 11.5 Å². The fourth-order valence-electron chi connectivity index (χ4n) is 2.58. The van der Waals surface area contributed by atoms with Crippen molar-refractivity contribution in [3.8, 4) is 33.5 Å². The largest absolute Gasteiger partial charge is 0.493 e. The predicted molar refractivity (Wildman–Crippen MR) is 108 cm³/mol. The van der Waals surface area contributed by atoms with Crippen LogP contribution in [0, 0.1) is 0 Å². The summed E-state index contributed by atoms with van der Waals surface area (Å²) in [4.78, 5) is 16.5. The van der Waals surface area contributed by atoms with E-state index in [9.17, 15) is 4.79 Å². The minimum atomic E-state index is -0.221. The average molecular weight is 402 g/mol. The zero-order valence-corrected chi connectivity index (χ0v) is 17.0. The van der Waals surface area contributed by atoms with Gasteiger partial charge < -0.3 is 19.5 Å². The van der Waals surface area contributed by atoms with E-state index < -0.39 is 0 Å². The third kappa shape index (κ3) is 4.32. The number of carbonyl (C=O) groups is 1. The molecule has 1 aromatic carbocycles. The summed E-state index contributed by atoms with van der Waals surface area (Å²) in [7, 11) is 4.97. The number of nitrogens with zero attached hydrogens (tertiary/aromatic N) is 3. The first-order valence-corrected chi connectivity index (χ1v) is 9.53. The number of hydrogen-bond donors (Lipinski definition) is 1. The van der Waals surface area contributed by atoms with Crippen molar-refractivity contribution in [3.63, 3.8) is 0 Å². The quantitative estimate of drug-likeness (QED) is 0.623. The fourth-order valence-corrected chi connectivity index (χ4v) is 3.37. The molecular formula is C19H22N4O4S. The van der Waals surface area contributed by atoms with Gasteiger partial charge in [-0.3, -0.25) is 9.48 Å². The molecule has 2 heterocycles. The van der Waals surface area contributed by atoms with Crippen LogP contribution in [0.3, 0.4) is 0 Å². The predicted octanol–water partition coefficient (Wildman–Crippen LogP) is 3.20. The summed E-state index contributed by atoms with van der Waals surface area (Å²) in [6.45, 7) is 2.34. The highest BCUT2D eigenvalue weighted by molar-refractivity contribution is 7.13. The Labute approximate surface area is 167 Å². The van der Waals surface area contributed by atoms with Crippen LogP contribution in [0.15, 0.2) is 29.6 Å². The number of aromatic nitrogens is 3. The number of methoxy groups -OCH3 is 2. The first kappa shape index (κ1) is 19.8. The number of thiazole rings is 1. The molecule has 0 aliphatic rings. The first-order valence-electron chi connectivity index (χ1n) is 8.65. The van der Waals surface area contributed by atoms with Crippen LogP contribution in [0.5, 0.6) is 11.5 Å². The number of carbonyl (C=O) groups excluding carboxylic acids is 1. The van der Waals surface area contributed by atoms with Crippen molar-refractivity contribution in [2.24, 2.45) is 7.05 Å². The Morgan fingerprint density at radius 1 is 1.18 bits per heavy atom. The summed E-state index contributed by atoms with van der Waals surface area (Å²) in [5, 5.41) is 9.94. The van der Waals surface area contributed by atoms with Gasteiger partial charge in [-0.05, 0) is 25.1 Å². The zero-order chi connectivity index (χ0) is 20.1. The number of anilines is 1. The molecule has 0 spiro atoms. The van der Waals surface area contributed by atoms with Crippen LogP contribution >= 0.6 is 11.3 Å². The molecule has 28 heavy (non-hydrogen) atoms. The molecule has 0 bridgehead atoms. The number of nitrogens with one attached hydrogen (secondary N) is 1. The molecule has 0 saturated heterocycles. The number of aryl methyl sites for hydroxylation is 1. The van der Waals surface area contributed by atoms with E-state index in [-0.39, 0.29) is 12.5 Å². The van der Waals surface area contributed by atoms with Gasteiger partial charge in [0.1, 0.15) is 23.1 Å². The molecule has 0 radical (unpaired) electrons. The summed E-state index contributed by atoms with van der Waals surface area (Å²) >= 11 is 1.48. The molecule has 3 aromatic rings. The Hall–Kier alpha value is -2.91. The van der Waals surface area contributed by atoms with Crippen molar-refractivity contribution < 1.29 is 19.0 Å². The molecule has 0 unspecified atom stereocenters. The summed E-state index contributed by atoms with van der Waals surface area (Å²) in [5.41, 5.74) is 2.42. The number of rotatable bonds is 8. The van der Waals surface area contributed by atoms with Crippen LogP contribution in [0.25, 0.3) is 22.0 Å². The molecule has 8 nitrogen and oxygen atoms in total. The van der Waals surface area contributed by atoms with E-state index in [1.54, 1.807) is 32.0 Å². The van der Waals surface area contributed by atoms with Crippen molar-refractivity contribution in [1.29, 1.82) is 0 Å². The SMILES string of the molecule is CCOCC(=O)Nc1cc(-c2nc(-c3ccc(OC)c(OC)c3)cs2)nn1C. The van der Waals surface area contributed by atoms with Crippen molar-refractivity contribution in [2.75, 3.05) is 32.8 Å². The van der Waals surface area contributed by atoms with Gasteiger partial charge in [0.25, 0.3) is 5.91 Å². The highest BCUT2D eigenvalue weighted by atomic mass is 32.1. The van der Waals surface area contributed by atoms with Gasteiger partial charge in [-0.15, -0.1) is 11.3 Å². The summed E-state index contributed by atoms with van der Waals surface area (Å²) < 4.78 is 17.4.